The molecule has 30 heavy (non-hydrogen) atoms. The molecule has 0 spiro atoms. The molecule has 0 aromatic heterocycles. The first-order chi connectivity index (χ1) is 14.4. The van der Waals surface area contributed by atoms with Gasteiger partial charge in [0.15, 0.2) is 5.05 Å². The van der Waals surface area contributed by atoms with Crippen molar-refractivity contribution in [2.45, 2.75) is 50.0 Å². The van der Waals surface area contributed by atoms with Crippen LogP contribution in [0.3, 0.4) is 0 Å². The van der Waals surface area contributed by atoms with Crippen molar-refractivity contribution in [3.05, 3.63) is 59.7 Å². The average Bonchev–Trinajstić information content (AvgIpc) is 2.77. The number of sulfonamides is 1. The summed E-state index contributed by atoms with van der Waals surface area (Å²) >= 11 is 5.63. The minimum atomic E-state index is -3.71. The molecule has 1 saturated heterocycles. The van der Waals surface area contributed by atoms with Crippen LogP contribution in [0.25, 0.3) is 0 Å². The SMILES string of the molecule is CCCOC(=S)C1C(c2ccc(OC)cc2)CCCN1S(=O)(=O)c1ccc(C)cc1. The van der Waals surface area contributed by atoms with Gasteiger partial charge in [-0.1, -0.05) is 36.8 Å². The van der Waals surface area contributed by atoms with Gasteiger partial charge in [0.05, 0.1) is 18.6 Å². The predicted molar refractivity (Wildman–Crippen MR) is 123 cm³/mol. The van der Waals surface area contributed by atoms with Crippen molar-refractivity contribution >= 4 is 27.3 Å². The lowest BCUT2D eigenvalue weighted by Crippen LogP contribution is -2.51. The van der Waals surface area contributed by atoms with Gasteiger partial charge in [0.25, 0.3) is 0 Å². The summed E-state index contributed by atoms with van der Waals surface area (Å²) in [5, 5.41) is 0.341. The first-order valence-corrected chi connectivity index (χ1v) is 12.1. The zero-order valence-corrected chi connectivity index (χ0v) is 19.3. The van der Waals surface area contributed by atoms with Gasteiger partial charge >= 0.3 is 0 Å². The first-order valence-electron chi connectivity index (χ1n) is 10.3. The Hall–Kier alpha value is -1.96. The fraction of sp³-hybridized carbons (Fsp3) is 0.435. The van der Waals surface area contributed by atoms with Crippen LogP contribution in [0.5, 0.6) is 5.75 Å². The molecule has 2 unspecified atom stereocenters. The number of methoxy groups -OCH3 is 1. The number of rotatable bonds is 7. The molecule has 2 atom stereocenters. The second kappa shape index (κ2) is 9.90. The molecule has 1 heterocycles. The Labute approximate surface area is 185 Å². The van der Waals surface area contributed by atoms with Crippen molar-refractivity contribution in [2.24, 2.45) is 0 Å². The Balaban J connectivity index is 2.01. The first kappa shape index (κ1) is 22.7. The Morgan fingerprint density at radius 3 is 2.40 bits per heavy atom. The van der Waals surface area contributed by atoms with Crippen LogP contribution in [-0.4, -0.2) is 44.1 Å². The van der Waals surface area contributed by atoms with E-state index in [0.29, 0.717) is 18.2 Å². The number of nitrogens with zero attached hydrogens (tertiary/aromatic N) is 1. The van der Waals surface area contributed by atoms with Gasteiger partial charge in [-0.2, -0.15) is 4.31 Å². The highest BCUT2D eigenvalue weighted by Crippen LogP contribution is 2.37. The molecule has 0 bridgehead atoms. The highest BCUT2D eigenvalue weighted by molar-refractivity contribution is 7.89. The molecule has 1 aliphatic heterocycles. The fourth-order valence-corrected chi connectivity index (χ4v) is 5.95. The largest absolute Gasteiger partial charge is 0.497 e. The smallest absolute Gasteiger partial charge is 0.243 e. The summed E-state index contributed by atoms with van der Waals surface area (Å²) in [6, 6.07) is 14.2. The van der Waals surface area contributed by atoms with Crippen molar-refractivity contribution in [1.82, 2.24) is 4.31 Å². The normalized spacial score (nSPS) is 20.0. The standard InChI is InChI=1S/C23H29NO4S2/c1-4-16-28-23(29)22-21(18-9-11-19(27-3)12-10-18)6-5-15-24(22)30(25,26)20-13-7-17(2)8-14-20/h7-14,21-22H,4-6,15-16H2,1-3H3. The zero-order valence-electron chi connectivity index (χ0n) is 17.7. The van der Waals surface area contributed by atoms with Crippen LogP contribution in [0.1, 0.15) is 43.2 Å². The van der Waals surface area contributed by atoms with Crippen LogP contribution in [0.2, 0.25) is 0 Å². The summed E-state index contributed by atoms with van der Waals surface area (Å²) in [6.45, 7) is 4.84. The molecule has 3 rings (SSSR count). The maximum absolute atomic E-state index is 13.6. The van der Waals surface area contributed by atoms with E-state index < -0.39 is 16.1 Å². The molecule has 5 nitrogen and oxygen atoms in total. The van der Waals surface area contributed by atoms with Crippen LogP contribution >= 0.6 is 12.2 Å². The fourth-order valence-electron chi connectivity index (χ4n) is 3.85. The van der Waals surface area contributed by atoms with Gasteiger partial charge in [0.2, 0.25) is 10.0 Å². The van der Waals surface area contributed by atoms with Gasteiger partial charge in [0.1, 0.15) is 11.8 Å². The number of hydrogen-bond donors (Lipinski definition) is 0. The van der Waals surface area contributed by atoms with Crippen molar-refractivity contribution in [1.29, 1.82) is 0 Å². The highest BCUT2D eigenvalue weighted by atomic mass is 32.2. The maximum Gasteiger partial charge on any atom is 0.243 e. The molecule has 162 valence electrons. The molecule has 2 aromatic carbocycles. The van der Waals surface area contributed by atoms with Crippen LogP contribution in [0.15, 0.2) is 53.4 Å². The van der Waals surface area contributed by atoms with Gasteiger partial charge in [-0.3, -0.25) is 0 Å². The zero-order chi connectivity index (χ0) is 21.7. The predicted octanol–water partition coefficient (Wildman–Crippen LogP) is 4.69. The van der Waals surface area contributed by atoms with Crippen LogP contribution in [0, 0.1) is 6.92 Å². The van der Waals surface area contributed by atoms with Crippen LogP contribution in [0.4, 0.5) is 0 Å². The molecule has 2 aromatic rings. The molecule has 1 aliphatic rings. The number of ether oxygens (including phenoxy) is 2. The highest BCUT2D eigenvalue weighted by Gasteiger charge is 2.42. The third-order valence-corrected chi connectivity index (χ3v) is 7.70. The van der Waals surface area contributed by atoms with E-state index in [2.05, 4.69) is 0 Å². The van der Waals surface area contributed by atoms with E-state index in [9.17, 15) is 8.42 Å². The molecule has 0 aliphatic carbocycles. The van der Waals surface area contributed by atoms with Gasteiger partial charge < -0.3 is 9.47 Å². The molecular formula is C23H29NO4S2. The molecular weight excluding hydrogens is 418 g/mol. The number of hydrogen-bond acceptors (Lipinski definition) is 5. The molecule has 0 amide bonds. The van der Waals surface area contributed by atoms with Crippen molar-refractivity contribution < 1.29 is 17.9 Å². The molecule has 0 N–H and O–H groups in total. The lowest BCUT2D eigenvalue weighted by Gasteiger charge is -2.40. The lowest BCUT2D eigenvalue weighted by atomic mass is 9.85. The minimum absolute atomic E-state index is 0.0748. The summed E-state index contributed by atoms with van der Waals surface area (Å²) in [5.74, 6) is 0.689. The van der Waals surface area contributed by atoms with Gasteiger partial charge in [-0.05, 0) is 68.2 Å². The number of benzene rings is 2. The summed E-state index contributed by atoms with van der Waals surface area (Å²) in [5.41, 5.74) is 2.05. The van der Waals surface area contributed by atoms with E-state index in [-0.39, 0.29) is 10.8 Å². The van der Waals surface area contributed by atoms with Crippen molar-refractivity contribution in [2.75, 3.05) is 20.3 Å². The molecule has 0 radical (unpaired) electrons. The van der Waals surface area contributed by atoms with Crippen LogP contribution < -0.4 is 4.74 Å². The number of aryl methyl sites for hydroxylation is 1. The Kier molecular flexibility index (Phi) is 7.50. The van der Waals surface area contributed by atoms with Crippen molar-refractivity contribution in [3.8, 4) is 5.75 Å². The summed E-state index contributed by atoms with van der Waals surface area (Å²) in [7, 11) is -2.08. The van der Waals surface area contributed by atoms with Crippen molar-refractivity contribution in [3.63, 3.8) is 0 Å². The third kappa shape index (κ3) is 4.85. The van der Waals surface area contributed by atoms with E-state index >= 15 is 0 Å². The molecule has 0 saturated carbocycles. The maximum atomic E-state index is 13.6. The van der Waals surface area contributed by atoms with Gasteiger partial charge in [-0.15, -0.1) is 0 Å². The quantitative estimate of drug-likeness (QED) is 0.576. The van der Waals surface area contributed by atoms with E-state index in [1.54, 1.807) is 19.2 Å². The summed E-state index contributed by atoms with van der Waals surface area (Å²) in [6.07, 6.45) is 2.41. The van der Waals surface area contributed by atoms with Gasteiger partial charge in [-0.25, -0.2) is 8.42 Å². The van der Waals surface area contributed by atoms with E-state index in [0.717, 1.165) is 36.1 Å². The second-order valence-corrected chi connectivity index (χ2v) is 9.86. The Bertz CT molecular complexity index is 956. The average molecular weight is 448 g/mol. The monoisotopic (exact) mass is 447 g/mol. The third-order valence-electron chi connectivity index (χ3n) is 5.45. The lowest BCUT2D eigenvalue weighted by molar-refractivity contribution is 0.221. The topological polar surface area (TPSA) is 55.8 Å². The molecule has 7 heteroatoms. The van der Waals surface area contributed by atoms with Gasteiger partial charge in [0, 0.05) is 12.5 Å². The molecule has 1 fully saturated rings. The second-order valence-electron chi connectivity index (χ2n) is 7.56. The number of thiocarbonyl (C=S) groups is 1. The Morgan fingerprint density at radius 1 is 1.13 bits per heavy atom. The van der Waals surface area contributed by atoms with E-state index in [1.807, 2.05) is 50.2 Å². The summed E-state index contributed by atoms with van der Waals surface area (Å²) < 4.78 is 39.7. The minimum Gasteiger partial charge on any atom is -0.497 e. The van der Waals surface area contributed by atoms with Crippen LogP contribution in [-0.2, 0) is 14.8 Å². The number of piperidine rings is 1. The van der Waals surface area contributed by atoms with E-state index in [4.69, 9.17) is 21.7 Å². The summed E-state index contributed by atoms with van der Waals surface area (Å²) in [4.78, 5) is 0.284. The van der Waals surface area contributed by atoms with E-state index in [1.165, 1.54) is 4.31 Å². The Morgan fingerprint density at radius 2 is 1.80 bits per heavy atom.